The fourth-order valence-corrected chi connectivity index (χ4v) is 5.95. The number of alkyl halides is 3. The van der Waals surface area contributed by atoms with Crippen molar-refractivity contribution in [3.63, 3.8) is 0 Å². The van der Waals surface area contributed by atoms with E-state index in [1.807, 2.05) is 248 Å². The third-order valence-electron chi connectivity index (χ3n) is 10.4. The van der Waals surface area contributed by atoms with Gasteiger partial charge in [0.25, 0.3) is 0 Å². The van der Waals surface area contributed by atoms with Crippen LogP contribution in [0.25, 0.3) is 4.85 Å². The number of hydrogen-bond acceptors (Lipinski definition) is 13. The molecule has 0 atom stereocenters. The molecule has 0 spiro atoms. The predicted molar refractivity (Wildman–Crippen MR) is 414 cm³/mol. The highest BCUT2D eigenvalue weighted by atomic mass is 19.4. The smallest absolute Gasteiger partial charge is 0.265 e. The number of hydrogen-bond donors (Lipinski definition) is 0. The Balaban J connectivity index is -0.000000133. The van der Waals surface area contributed by atoms with Crippen molar-refractivity contribution >= 4 is 5.69 Å². The van der Waals surface area contributed by atoms with E-state index in [0.29, 0.717) is 50.5 Å². The van der Waals surface area contributed by atoms with Crippen molar-refractivity contribution in [3.05, 3.63) is 301 Å². The summed E-state index contributed by atoms with van der Waals surface area (Å²) in [6.45, 7) is 52.2. The van der Waals surface area contributed by atoms with E-state index in [4.69, 9.17) is 53.9 Å². The number of halogens is 3. The summed E-state index contributed by atoms with van der Waals surface area (Å²) in [5, 5.41) is 76.0. The summed E-state index contributed by atoms with van der Waals surface area (Å²) < 4.78 is 36.3. The molecule has 9 rings (SSSR count). The zero-order valence-electron chi connectivity index (χ0n) is 63.4. The molecule has 0 radical (unpaired) electrons. The zero-order chi connectivity index (χ0) is 79.4. The van der Waals surface area contributed by atoms with Crippen LogP contribution in [0.3, 0.4) is 0 Å². The predicted octanol–water partition coefficient (Wildman–Crippen LogP) is 24.2. The largest absolute Gasteiger partial charge is 0.417 e. The second kappa shape index (κ2) is 77.4. The van der Waals surface area contributed by atoms with Crippen molar-refractivity contribution in [2.24, 2.45) is 0 Å². The van der Waals surface area contributed by atoms with Crippen LogP contribution in [0.15, 0.2) is 195 Å². The Hall–Kier alpha value is -12.6. The highest BCUT2D eigenvalue weighted by Crippen LogP contribution is 2.31. The van der Waals surface area contributed by atoms with Crippen LogP contribution in [0.5, 0.6) is 0 Å². The molecule has 3 heterocycles. The lowest BCUT2D eigenvalue weighted by Gasteiger charge is -2.06. The minimum atomic E-state index is -4.44. The molecule has 3 aromatic heterocycles. The van der Waals surface area contributed by atoms with Crippen molar-refractivity contribution in [2.75, 3.05) is 0 Å². The van der Waals surface area contributed by atoms with Crippen LogP contribution >= 0.6 is 0 Å². The third kappa shape index (κ3) is 55.5. The van der Waals surface area contributed by atoms with Crippen LogP contribution in [0.2, 0.25) is 0 Å². The van der Waals surface area contributed by atoms with E-state index < -0.39 is 11.7 Å². The lowest BCUT2D eigenvalue weighted by molar-refractivity contribution is -0.137. The van der Waals surface area contributed by atoms with Crippen molar-refractivity contribution in [1.82, 2.24) is 19.9 Å². The highest BCUT2D eigenvalue weighted by molar-refractivity contribution is 5.62. The minimum absolute atomic E-state index is 0. The van der Waals surface area contributed by atoms with E-state index in [0.717, 1.165) is 39.9 Å². The molecular weight excluding hydrogens is 1270 g/mol. The molecule has 14 nitrogen and oxygen atoms in total. The number of pyridine rings is 2. The van der Waals surface area contributed by atoms with Crippen molar-refractivity contribution in [1.29, 1.82) is 47.4 Å². The van der Waals surface area contributed by atoms with Gasteiger partial charge in [-0.2, -0.15) is 60.5 Å². The summed E-state index contributed by atoms with van der Waals surface area (Å²) in [4.78, 5) is 18.6. The summed E-state index contributed by atoms with van der Waals surface area (Å²) in [5.41, 5.74) is 10.7. The first-order valence-electron chi connectivity index (χ1n) is 32.9. The van der Waals surface area contributed by atoms with Crippen molar-refractivity contribution < 1.29 is 13.2 Å². The van der Waals surface area contributed by atoms with E-state index in [2.05, 4.69) is 56.0 Å². The Bertz CT molecular complexity index is 3770. The summed E-state index contributed by atoms with van der Waals surface area (Å²) in [5.74, 6) is 0. The molecule has 0 aliphatic heterocycles. The van der Waals surface area contributed by atoms with Gasteiger partial charge in [0.05, 0.1) is 93.7 Å². The van der Waals surface area contributed by atoms with Gasteiger partial charge in [-0.3, -0.25) is 15.0 Å². The second-order valence-corrected chi connectivity index (χ2v) is 17.0. The topological polar surface area (TPSA) is 270 Å². The van der Waals surface area contributed by atoms with E-state index in [1.165, 1.54) is 47.7 Å². The van der Waals surface area contributed by atoms with E-state index >= 15 is 0 Å². The maximum absolute atomic E-state index is 12.1. The van der Waals surface area contributed by atoms with Gasteiger partial charge in [-0.1, -0.05) is 197 Å². The third-order valence-corrected chi connectivity index (χ3v) is 10.4. The molecular formula is C85H105F3N14. The van der Waals surface area contributed by atoms with Crippen LogP contribution in [0.1, 0.15) is 213 Å². The average molecular weight is 1380 g/mol. The van der Waals surface area contributed by atoms with Gasteiger partial charge in [0.2, 0.25) is 0 Å². The van der Waals surface area contributed by atoms with Crippen molar-refractivity contribution in [2.45, 2.75) is 173 Å². The molecule has 6 aromatic carbocycles. The second-order valence-electron chi connectivity index (χ2n) is 17.0. The molecule has 102 heavy (non-hydrogen) atoms. The number of nitrogens with zero attached hydrogens (tertiary/aromatic N) is 14. The number of aromatic nitrogens is 4. The maximum Gasteiger partial charge on any atom is 0.417 e. The van der Waals surface area contributed by atoms with Gasteiger partial charge in [0.15, 0.2) is 11.4 Å². The summed E-state index contributed by atoms with van der Waals surface area (Å²) >= 11 is 0. The quantitative estimate of drug-likeness (QED) is 0.128. The maximum atomic E-state index is 12.1. The summed E-state index contributed by atoms with van der Waals surface area (Å²) in [7, 11) is 0. The summed E-state index contributed by atoms with van der Waals surface area (Å²) in [6, 6.07) is 62.6. The SMILES string of the molecule is C.CC.CC.CC.CC.CC.CC.CC.CC.Cc1cccc(C#N)c1.Cc1ccccc1.Cc1ccccc1C#N.Cc1ccncc1.Cc1cncc(C#N)c1.Cc1nccnc1C#N.N#Cc1ccc(C#N)cc1.N#Cc1ccccc1C(F)(F)F.[C-]#[N+]c1cc(C#N)cc(C#N)c1C. The molecule has 0 amide bonds. The number of aryl methyl sites for hydroxylation is 6. The Morgan fingerprint density at radius 3 is 1.07 bits per heavy atom. The Kier molecular flexibility index (Phi) is 82.0. The number of nitriles is 9. The molecule has 9 aromatic rings. The first-order valence-corrected chi connectivity index (χ1v) is 32.9. The lowest BCUT2D eigenvalue weighted by Crippen LogP contribution is -2.06. The normalized spacial score (nSPS) is 7.73. The molecule has 17 heteroatoms. The molecule has 0 saturated carbocycles. The molecule has 0 bridgehead atoms. The standard InChI is InChI=1S/C10H5N3.C8H4F3N.C8H4N2.2C8H7N.C7H6N2.C7H8.C6H5N3.C6H7N.8C2H6.CH4/c1-7-9(6-12)3-8(5-11)4-10(7)13-2;9-8(10,11)7-4-2-1-3-6(7)5-12;9-5-7-1-2-8(6-10)4-3-7;1-7-3-2-4-8(5-7)6-9;1-7-4-2-3-5-8(7)6-9;1-6-2-7(3-8)5-9-4-6;1-7-5-3-2-4-6-7;1-5-6(4-7)9-3-2-8-5;1-6-2-4-7-5-3-6;8*1-2;/h3-4H,1H3;1-4H;1-4H;2*2-5H,1H3;2,4-5H,1H3;2-6H,1H3;2-3H,1H3;2-5H,1H3;8*1-2H3;1H4. The molecule has 0 N–H and O–H groups in total. The molecule has 0 fully saturated rings. The van der Waals surface area contributed by atoms with Gasteiger partial charge < -0.3 is 0 Å². The Labute approximate surface area is 611 Å². The molecule has 0 aliphatic rings. The van der Waals surface area contributed by atoms with E-state index in [1.54, 1.807) is 81.2 Å². The Morgan fingerprint density at radius 1 is 0.343 bits per heavy atom. The van der Waals surface area contributed by atoms with Gasteiger partial charge in [0, 0.05) is 48.3 Å². The summed E-state index contributed by atoms with van der Waals surface area (Å²) in [6.07, 6.45) is 5.48. The van der Waals surface area contributed by atoms with E-state index in [9.17, 15) is 13.2 Å². The monoisotopic (exact) mass is 1380 g/mol. The van der Waals surface area contributed by atoms with Crippen LogP contribution in [0.4, 0.5) is 18.9 Å². The molecule has 0 saturated heterocycles. The fraction of sp³-hybridized carbons (Fsp3) is 0.294. The van der Waals surface area contributed by atoms with Gasteiger partial charge in [-0.05, 0) is 161 Å². The first kappa shape index (κ1) is 108. The van der Waals surface area contributed by atoms with Crippen LogP contribution in [-0.4, -0.2) is 19.9 Å². The number of benzene rings is 6. The van der Waals surface area contributed by atoms with Crippen LogP contribution in [-0.2, 0) is 6.18 Å². The minimum Gasteiger partial charge on any atom is -0.265 e. The van der Waals surface area contributed by atoms with Crippen LogP contribution < -0.4 is 0 Å². The average Bonchev–Trinajstić information content (AvgIpc) is 0.855. The fourth-order valence-electron chi connectivity index (χ4n) is 5.95. The molecule has 536 valence electrons. The highest BCUT2D eigenvalue weighted by Gasteiger charge is 2.33. The van der Waals surface area contributed by atoms with Crippen LogP contribution in [0, 0.1) is 157 Å². The molecule has 0 aliphatic carbocycles. The van der Waals surface area contributed by atoms with Gasteiger partial charge >= 0.3 is 6.18 Å². The van der Waals surface area contributed by atoms with Gasteiger partial charge in [-0.25, -0.2) is 9.83 Å². The van der Waals surface area contributed by atoms with E-state index in [-0.39, 0.29) is 13.0 Å². The lowest BCUT2D eigenvalue weighted by atomic mass is 10.0. The number of rotatable bonds is 0. The van der Waals surface area contributed by atoms with Crippen molar-refractivity contribution in [3.8, 4) is 54.6 Å². The first-order chi connectivity index (χ1) is 48.8. The van der Waals surface area contributed by atoms with Gasteiger partial charge in [-0.15, -0.1) is 0 Å². The zero-order valence-corrected chi connectivity index (χ0v) is 63.4. The van der Waals surface area contributed by atoms with Gasteiger partial charge in [0.1, 0.15) is 12.1 Å². The Morgan fingerprint density at radius 2 is 0.755 bits per heavy atom. The molecule has 0 unspecified atom stereocenters.